The van der Waals surface area contributed by atoms with Gasteiger partial charge in [-0.2, -0.15) is 0 Å². The minimum Gasteiger partial charge on any atom is -0.342 e. The van der Waals surface area contributed by atoms with Crippen LogP contribution in [0, 0.1) is 0 Å². The molecule has 0 aromatic heterocycles. The molecule has 1 unspecified atom stereocenters. The van der Waals surface area contributed by atoms with Gasteiger partial charge in [-0.05, 0) is 33.2 Å². The molecule has 1 saturated heterocycles. The van der Waals surface area contributed by atoms with Crippen molar-refractivity contribution in [2.75, 3.05) is 32.7 Å². The molecule has 1 fully saturated rings. The molecule has 5 nitrogen and oxygen atoms in total. The molecule has 104 valence electrons. The van der Waals surface area contributed by atoms with E-state index >= 15 is 0 Å². The normalized spacial score (nSPS) is 20.1. The SMILES string of the molecule is CCNC1CCCN(CC(=O)N(CC)CC)C1=O. The summed E-state index contributed by atoms with van der Waals surface area (Å²) in [6, 6.07) is -0.103. The average Bonchev–Trinajstić information content (AvgIpc) is 2.36. The lowest BCUT2D eigenvalue weighted by molar-refractivity contribution is -0.143. The van der Waals surface area contributed by atoms with Crippen molar-refractivity contribution in [3.8, 4) is 0 Å². The van der Waals surface area contributed by atoms with E-state index in [9.17, 15) is 9.59 Å². The number of piperidine rings is 1. The van der Waals surface area contributed by atoms with Crippen LogP contribution in [-0.2, 0) is 9.59 Å². The number of likely N-dealkylation sites (N-methyl/N-ethyl adjacent to an activating group) is 2. The molecule has 0 bridgehead atoms. The number of likely N-dealkylation sites (tertiary alicyclic amines) is 1. The first kappa shape index (κ1) is 15.0. The molecule has 0 aromatic carbocycles. The summed E-state index contributed by atoms with van der Waals surface area (Å²) in [7, 11) is 0. The van der Waals surface area contributed by atoms with Gasteiger partial charge in [0.2, 0.25) is 11.8 Å². The van der Waals surface area contributed by atoms with E-state index in [2.05, 4.69) is 5.32 Å². The van der Waals surface area contributed by atoms with E-state index in [-0.39, 0.29) is 24.4 Å². The van der Waals surface area contributed by atoms with Crippen LogP contribution in [-0.4, -0.2) is 60.4 Å². The van der Waals surface area contributed by atoms with Crippen molar-refractivity contribution in [3.63, 3.8) is 0 Å². The van der Waals surface area contributed by atoms with Crippen LogP contribution >= 0.6 is 0 Å². The summed E-state index contributed by atoms with van der Waals surface area (Å²) in [6.45, 7) is 9.03. The number of hydrogen-bond donors (Lipinski definition) is 1. The second-order valence-electron chi connectivity index (χ2n) is 4.58. The van der Waals surface area contributed by atoms with Crippen molar-refractivity contribution in [2.45, 2.75) is 39.7 Å². The Bertz CT molecular complexity index is 288. The van der Waals surface area contributed by atoms with Crippen LogP contribution in [0.4, 0.5) is 0 Å². The maximum atomic E-state index is 12.1. The zero-order valence-corrected chi connectivity index (χ0v) is 11.7. The largest absolute Gasteiger partial charge is 0.342 e. The lowest BCUT2D eigenvalue weighted by Gasteiger charge is -2.33. The Labute approximate surface area is 110 Å². The van der Waals surface area contributed by atoms with Crippen LogP contribution < -0.4 is 5.32 Å². The minimum absolute atomic E-state index is 0.0468. The molecule has 1 heterocycles. The van der Waals surface area contributed by atoms with Gasteiger partial charge in [0, 0.05) is 19.6 Å². The lowest BCUT2D eigenvalue weighted by Crippen LogP contribution is -2.53. The van der Waals surface area contributed by atoms with Gasteiger partial charge in [0.25, 0.3) is 0 Å². The molecule has 1 N–H and O–H groups in total. The number of amides is 2. The Morgan fingerprint density at radius 3 is 2.61 bits per heavy atom. The monoisotopic (exact) mass is 255 g/mol. The Morgan fingerprint density at radius 2 is 2.06 bits per heavy atom. The second kappa shape index (κ2) is 7.36. The molecule has 0 aromatic rings. The quantitative estimate of drug-likeness (QED) is 0.750. The van der Waals surface area contributed by atoms with Crippen molar-refractivity contribution < 1.29 is 9.59 Å². The van der Waals surface area contributed by atoms with Crippen molar-refractivity contribution >= 4 is 11.8 Å². The summed E-state index contributed by atoms with van der Waals surface area (Å²) in [6.07, 6.45) is 1.84. The Morgan fingerprint density at radius 1 is 1.39 bits per heavy atom. The van der Waals surface area contributed by atoms with Crippen LogP contribution in [0.25, 0.3) is 0 Å². The maximum Gasteiger partial charge on any atom is 0.242 e. The highest BCUT2D eigenvalue weighted by Crippen LogP contribution is 2.11. The van der Waals surface area contributed by atoms with Crippen LogP contribution in [0.15, 0.2) is 0 Å². The van der Waals surface area contributed by atoms with Crippen molar-refractivity contribution in [1.82, 2.24) is 15.1 Å². The molecule has 2 amide bonds. The standard InChI is InChI=1S/C13H25N3O2/c1-4-14-11-8-7-9-16(13(11)18)10-12(17)15(5-2)6-3/h11,14H,4-10H2,1-3H3. The first-order valence-electron chi connectivity index (χ1n) is 6.93. The van der Waals surface area contributed by atoms with Crippen LogP contribution in [0.5, 0.6) is 0 Å². The van der Waals surface area contributed by atoms with Gasteiger partial charge in [-0.15, -0.1) is 0 Å². The predicted molar refractivity (Wildman–Crippen MR) is 71.2 cm³/mol. The summed E-state index contributed by atoms with van der Waals surface area (Å²) in [5, 5.41) is 3.18. The zero-order valence-electron chi connectivity index (χ0n) is 11.7. The van der Waals surface area contributed by atoms with Crippen LogP contribution in [0.3, 0.4) is 0 Å². The van der Waals surface area contributed by atoms with Crippen LogP contribution in [0.2, 0.25) is 0 Å². The van der Waals surface area contributed by atoms with Crippen molar-refractivity contribution in [3.05, 3.63) is 0 Å². The molecule has 1 rings (SSSR count). The fourth-order valence-electron chi connectivity index (χ4n) is 2.37. The highest BCUT2D eigenvalue weighted by molar-refractivity contribution is 5.88. The summed E-state index contributed by atoms with van der Waals surface area (Å²) in [4.78, 5) is 27.6. The Hall–Kier alpha value is -1.10. The number of rotatable bonds is 6. The molecule has 0 spiro atoms. The average molecular weight is 255 g/mol. The van der Waals surface area contributed by atoms with Gasteiger partial charge >= 0.3 is 0 Å². The number of hydrogen-bond acceptors (Lipinski definition) is 3. The summed E-state index contributed by atoms with van der Waals surface area (Å²) >= 11 is 0. The first-order chi connectivity index (χ1) is 8.63. The Balaban J connectivity index is 2.55. The third-order valence-electron chi connectivity index (χ3n) is 3.42. The second-order valence-corrected chi connectivity index (χ2v) is 4.58. The van der Waals surface area contributed by atoms with E-state index in [1.54, 1.807) is 9.80 Å². The predicted octanol–water partition coefficient (Wildman–Crippen LogP) is 0.455. The third kappa shape index (κ3) is 3.70. The van der Waals surface area contributed by atoms with E-state index in [4.69, 9.17) is 0 Å². The molecule has 1 aliphatic heterocycles. The van der Waals surface area contributed by atoms with Crippen molar-refractivity contribution in [1.29, 1.82) is 0 Å². The van der Waals surface area contributed by atoms with E-state index < -0.39 is 0 Å². The molecule has 0 saturated carbocycles. The fraction of sp³-hybridized carbons (Fsp3) is 0.846. The Kier molecular flexibility index (Phi) is 6.12. The lowest BCUT2D eigenvalue weighted by atomic mass is 10.0. The maximum absolute atomic E-state index is 12.1. The molecular formula is C13H25N3O2. The highest BCUT2D eigenvalue weighted by atomic mass is 16.2. The van der Waals surface area contributed by atoms with Gasteiger partial charge in [0.05, 0.1) is 12.6 Å². The number of carbonyl (C=O) groups excluding carboxylic acids is 2. The van der Waals surface area contributed by atoms with Gasteiger partial charge < -0.3 is 15.1 Å². The number of nitrogens with zero attached hydrogens (tertiary/aromatic N) is 2. The summed E-state index contributed by atoms with van der Waals surface area (Å²) in [5.74, 6) is 0.120. The van der Waals surface area contributed by atoms with Gasteiger partial charge in [0.15, 0.2) is 0 Å². The first-order valence-corrected chi connectivity index (χ1v) is 6.93. The van der Waals surface area contributed by atoms with E-state index in [1.165, 1.54) is 0 Å². The fourth-order valence-corrected chi connectivity index (χ4v) is 2.37. The molecule has 1 atom stereocenters. The van der Waals surface area contributed by atoms with E-state index in [0.29, 0.717) is 19.6 Å². The topological polar surface area (TPSA) is 52.7 Å². The third-order valence-corrected chi connectivity index (χ3v) is 3.42. The number of nitrogens with one attached hydrogen (secondary N) is 1. The van der Waals surface area contributed by atoms with Gasteiger partial charge in [-0.3, -0.25) is 9.59 Å². The highest BCUT2D eigenvalue weighted by Gasteiger charge is 2.29. The molecule has 5 heteroatoms. The molecular weight excluding hydrogens is 230 g/mol. The zero-order chi connectivity index (χ0) is 13.5. The molecule has 1 aliphatic rings. The molecule has 0 aliphatic carbocycles. The molecule has 18 heavy (non-hydrogen) atoms. The van der Waals surface area contributed by atoms with Crippen LogP contribution in [0.1, 0.15) is 33.6 Å². The van der Waals surface area contributed by atoms with Crippen molar-refractivity contribution in [2.24, 2.45) is 0 Å². The van der Waals surface area contributed by atoms with Gasteiger partial charge in [-0.25, -0.2) is 0 Å². The summed E-state index contributed by atoms with van der Waals surface area (Å²) < 4.78 is 0. The van der Waals surface area contributed by atoms with E-state index in [0.717, 1.165) is 19.4 Å². The smallest absolute Gasteiger partial charge is 0.242 e. The minimum atomic E-state index is -0.103. The summed E-state index contributed by atoms with van der Waals surface area (Å²) in [5.41, 5.74) is 0. The van der Waals surface area contributed by atoms with Gasteiger partial charge in [0.1, 0.15) is 0 Å². The number of carbonyl (C=O) groups is 2. The van der Waals surface area contributed by atoms with Gasteiger partial charge in [-0.1, -0.05) is 6.92 Å². The van der Waals surface area contributed by atoms with E-state index in [1.807, 2.05) is 20.8 Å². The molecule has 0 radical (unpaired) electrons.